The number of carbonyl (C=O) groups excluding carboxylic acids is 2. The van der Waals surface area contributed by atoms with E-state index >= 15 is 0 Å². The Morgan fingerprint density at radius 3 is 2.75 bits per heavy atom. The van der Waals surface area contributed by atoms with E-state index in [1.165, 1.54) is 11.0 Å². The van der Waals surface area contributed by atoms with Crippen molar-refractivity contribution in [3.8, 4) is 0 Å². The Morgan fingerprint density at radius 1 is 1.22 bits per heavy atom. The lowest BCUT2D eigenvalue weighted by Crippen LogP contribution is -2.40. The summed E-state index contributed by atoms with van der Waals surface area (Å²) in [5, 5.41) is 2.96. The van der Waals surface area contributed by atoms with Gasteiger partial charge in [0.15, 0.2) is 5.13 Å². The smallest absolute Gasteiger partial charge is 0.346 e. The number of amides is 2. The zero-order valence-corrected chi connectivity index (χ0v) is 18.6. The lowest BCUT2D eigenvalue weighted by Gasteiger charge is -2.24. The van der Waals surface area contributed by atoms with Crippen LogP contribution < -0.4 is 4.90 Å². The van der Waals surface area contributed by atoms with Gasteiger partial charge in [-0.1, -0.05) is 12.1 Å². The van der Waals surface area contributed by atoms with Crippen molar-refractivity contribution in [1.29, 1.82) is 0 Å². The standard InChI is InChI=1S/C22H25F3N4O2S/c1-15-14-32-21(26-15)28-7-3-6-27(8-9-28)20(31)17-11-19(30)29(13-17)12-16-4-2-5-18(10-16)22(23,24)25/h2,4-5,10,14,17H,3,6-9,11-13H2,1H3. The third-order valence-electron chi connectivity index (χ3n) is 5.88. The summed E-state index contributed by atoms with van der Waals surface area (Å²) in [4.78, 5) is 35.6. The summed E-state index contributed by atoms with van der Waals surface area (Å²) in [6.07, 6.45) is -3.51. The van der Waals surface area contributed by atoms with Gasteiger partial charge in [0.25, 0.3) is 0 Å². The summed E-state index contributed by atoms with van der Waals surface area (Å²) in [6.45, 7) is 4.96. The number of hydrogen-bond acceptors (Lipinski definition) is 5. The zero-order valence-electron chi connectivity index (χ0n) is 17.8. The molecule has 0 bridgehead atoms. The summed E-state index contributed by atoms with van der Waals surface area (Å²) >= 11 is 1.59. The fourth-order valence-electron chi connectivity index (χ4n) is 4.23. The lowest BCUT2D eigenvalue weighted by atomic mass is 10.1. The van der Waals surface area contributed by atoms with Crippen LogP contribution in [0.15, 0.2) is 29.6 Å². The Bertz CT molecular complexity index is 994. The molecule has 3 heterocycles. The Labute approximate surface area is 188 Å². The second-order valence-corrected chi connectivity index (χ2v) is 9.15. The fourth-order valence-corrected chi connectivity index (χ4v) is 5.09. The van der Waals surface area contributed by atoms with Crippen molar-refractivity contribution in [1.82, 2.24) is 14.8 Å². The van der Waals surface area contributed by atoms with E-state index in [0.717, 1.165) is 35.9 Å². The van der Waals surface area contributed by atoms with E-state index in [0.29, 0.717) is 25.2 Å². The van der Waals surface area contributed by atoms with Gasteiger partial charge < -0.3 is 14.7 Å². The Morgan fingerprint density at radius 2 is 2.03 bits per heavy atom. The first kappa shape index (κ1) is 22.6. The van der Waals surface area contributed by atoms with Crippen LogP contribution >= 0.6 is 11.3 Å². The molecule has 0 aliphatic carbocycles. The number of benzene rings is 1. The van der Waals surface area contributed by atoms with Gasteiger partial charge >= 0.3 is 6.18 Å². The third-order valence-corrected chi connectivity index (χ3v) is 6.90. The largest absolute Gasteiger partial charge is 0.416 e. The molecule has 4 rings (SSSR count). The SMILES string of the molecule is Cc1csc(N2CCCN(C(=O)C3CC(=O)N(Cc4cccc(C(F)(F)F)c4)C3)CC2)n1. The van der Waals surface area contributed by atoms with Gasteiger partial charge in [-0.05, 0) is 31.0 Å². The molecule has 1 aromatic carbocycles. The van der Waals surface area contributed by atoms with E-state index in [1.54, 1.807) is 17.4 Å². The number of hydrogen-bond donors (Lipinski definition) is 0. The van der Waals surface area contributed by atoms with Gasteiger partial charge in [-0.3, -0.25) is 9.59 Å². The van der Waals surface area contributed by atoms with Crippen molar-refractivity contribution in [3.63, 3.8) is 0 Å². The van der Waals surface area contributed by atoms with E-state index < -0.39 is 17.7 Å². The number of rotatable bonds is 4. The molecular weight excluding hydrogens is 441 g/mol. The van der Waals surface area contributed by atoms with E-state index in [2.05, 4.69) is 9.88 Å². The fraction of sp³-hybridized carbons (Fsp3) is 0.500. The van der Waals surface area contributed by atoms with Crippen molar-refractivity contribution in [2.45, 2.75) is 32.5 Å². The number of aryl methyl sites for hydroxylation is 1. The average Bonchev–Trinajstić information content (AvgIpc) is 3.24. The van der Waals surface area contributed by atoms with Crippen LogP contribution in [0.2, 0.25) is 0 Å². The van der Waals surface area contributed by atoms with Crippen molar-refractivity contribution in [2.75, 3.05) is 37.6 Å². The lowest BCUT2D eigenvalue weighted by molar-refractivity contribution is -0.137. The van der Waals surface area contributed by atoms with Gasteiger partial charge in [0.1, 0.15) is 0 Å². The van der Waals surface area contributed by atoms with Gasteiger partial charge in [-0.15, -0.1) is 11.3 Å². The minimum atomic E-state index is -4.43. The number of halogens is 3. The van der Waals surface area contributed by atoms with Gasteiger partial charge in [-0.25, -0.2) is 4.98 Å². The highest BCUT2D eigenvalue weighted by Gasteiger charge is 2.37. The van der Waals surface area contributed by atoms with Crippen LogP contribution in [0.3, 0.4) is 0 Å². The number of likely N-dealkylation sites (tertiary alicyclic amines) is 1. The minimum Gasteiger partial charge on any atom is -0.346 e. The van der Waals surface area contributed by atoms with E-state index in [9.17, 15) is 22.8 Å². The van der Waals surface area contributed by atoms with Gasteiger partial charge in [0.05, 0.1) is 17.2 Å². The number of nitrogens with zero attached hydrogens (tertiary/aromatic N) is 4. The summed E-state index contributed by atoms with van der Waals surface area (Å²) in [6, 6.07) is 4.99. The van der Waals surface area contributed by atoms with Crippen LogP contribution in [0.5, 0.6) is 0 Å². The molecule has 0 spiro atoms. The highest BCUT2D eigenvalue weighted by Crippen LogP contribution is 2.30. The molecular formula is C22H25F3N4O2S. The summed E-state index contributed by atoms with van der Waals surface area (Å²) in [5.74, 6) is -0.709. The highest BCUT2D eigenvalue weighted by atomic mass is 32.1. The number of aromatic nitrogens is 1. The highest BCUT2D eigenvalue weighted by molar-refractivity contribution is 7.13. The monoisotopic (exact) mass is 466 g/mol. The Balaban J connectivity index is 1.36. The van der Waals surface area contributed by atoms with E-state index in [4.69, 9.17) is 0 Å². The normalized spacial score (nSPS) is 20.1. The maximum atomic E-state index is 13.1. The summed E-state index contributed by atoms with van der Waals surface area (Å²) in [7, 11) is 0. The van der Waals surface area contributed by atoms with E-state index in [-0.39, 0.29) is 31.3 Å². The molecule has 6 nitrogen and oxygen atoms in total. The number of carbonyl (C=O) groups is 2. The molecule has 2 fully saturated rings. The first-order valence-electron chi connectivity index (χ1n) is 10.6. The van der Waals surface area contributed by atoms with Crippen molar-refractivity contribution < 1.29 is 22.8 Å². The minimum absolute atomic E-state index is 0.0536. The Kier molecular flexibility index (Phi) is 6.41. The molecule has 2 amide bonds. The van der Waals surface area contributed by atoms with Crippen molar-refractivity contribution in [2.24, 2.45) is 5.92 Å². The van der Waals surface area contributed by atoms with Crippen LogP contribution in [0, 0.1) is 12.8 Å². The molecule has 10 heteroatoms. The van der Waals surface area contributed by atoms with Crippen molar-refractivity contribution >= 4 is 28.3 Å². The number of anilines is 1. The molecule has 0 saturated carbocycles. The Hall–Kier alpha value is -2.62. The van der Waals surface area contributed by atoms with Crippen LogP contribution in [0.4, 0.5) is 18.3 Å². The van der Waals surface area contributed by atoms with Gasteiger partial charge in [-0.2, -0.15) is 13.2 Å². The molecule has 0 N–H and O–H groups in total. The number of thiazole rings is 1. The molecule has 2 aliphatic rings. The molecule has 32 heavy (non-hydrogen) atoms. The topological polar surface area (TPSA) is 56.8 Å². The average molecular weight is 467 g/mol. The first-order chi connectivity index (χ1) is 15.2. The zero-order chi connectivity index (χ0) is 22.9. The van der Waals surface area contributed by atoms with Crippen LogP contribution in [-0.2, 0) is 22.3 Å². The molecule has 1 unspecified atom stereocenters. The molecule has 2 aromatic rings. The summed E-state index contributed by atoms with van der Waals surface area (Å²) in [5.41, 5.74) is 0.650. The second-order valence-electron chi connectivity index (χ2n) is 8.31. The predicted octanol–water partition coefficient (Wildman–Crippen LogP) is 3.56. The maximum Gasteiger partial charge on any atom is 0.416 e. The van der Waals surface area contributed by atoms with Gasteiger partial charge in [0.2, 0.25) is 11.8 Å². The molecule has 0 radical (unpaired) electrons. The van der Waals surface area contributed by atoms with E-state index in [1.807, 2.05) is 17.2 Å². The molecule has 1 aromatic heterocycles. The number of alkyl halides is 3. The first-order valence-corrected chi connectivity index (χ1v) is 11.5. The molecule has 2 aliphatic heterocycles. The van der Waals surface area contributed by atoms with Crippen LogP contribution in [-0.4, -0.2) is 59.3 Å². The van der Waals surface area contributed by atoms with Crippen LogP contribution in [0.1, 0.15) is 29.7 Å². The molecule has 172 valence electrons. The third kappa shape index (κ3) is 5.06. The quantitative estimate of drug-likeness (QED) is 0.692. The molecule has 2 saturated heterocycles. The summed E-state index contributed by atoms with van der Waals surface area (Å²) < 4.78 is 38.9. The maximum absolute atomic E-state index is 13.1. The van der Waals surface area contributed by atoms with Crippen LogP contribution in [0.25, 0.3) is 0 Å². The predicted molar refractivity (Wildman–Crippen MR) is 115 cm³/mol. The van der Waals surface area contributed by atoms with Gasteiger partial charge in [0, 0.05) is 51.1 Å². The molecule has 1 atom stereocenters. The second kappa shape index (κ2) is 9.09. The van der Waals surface area contributed by atoms with Crippen molar-refractivity contribution in [3.05, 3.63) is 46.5 Å².